The zero-order chi connectivity index (χ0) is 12.0. The van der Waals surface area contributed by atoms with Crippen LogP contribution in [0.15, 0.2) is 12.3 Å². The molecule has 4 nitrogen and oxygen atoms in total. The minimum Gasteiger partial charge on any atom is -0.384 e. The first-order chi connectivity index (χ1) is 8.10. The monoisotopic (exact) mass is 270 g/mol. The number of ether oxygens (including phenoxy) is 1. The van der Waals surface area contributed by atoms with Crippen LogP contribution in [0.3, 0.4) is 0 Å². The van der Waals surface area contributed by atoms with Gasteiger partial charge in [-0.05, 0) is 17.7 Å². The lowest BCUT2D eigenvalue weighted by Crippen LogP contribution is -2.44. The maximum atomic E-state index is 10.4. The van der Waals surface area contributed by atoms with Crippen LogP contribution in [0, 0.1) is 0 Å². The van der Waals surface area contributed by atoms with Crippen molar-refractivity contribution >= 4 is 33.2 Å². The van der Waals surface area contributed by atoms with Gasteiger partial charge in [0.1, 0.15) is 10.4 Å². The van der Waals surface area contributed by atoms with E-state index in [0.717, 1.165) is 15.1 Å². The van der Waals surface area contributed by atoms with Crippen LogP contribution in [0.25, 0.3) is 10.2 Å². The molecule has 2 aromatic heterocycles. The van der Waals surface area contributed by atoms with Crippen molar-refractivity contribution in [2.45, 2.75) is 24.5 Å². The first-order valence-electron chi connectivity index (χ1n) is 5.28. The van der Waals surface area contributed by atoms with Crippen LogP contribution in [0.4, 0.5) is 0 Å². The molecule has 0 bridgehead atoms. The Morgan fingerprint density at radius 1 is 1.59 bits per heavy atom. The number of methoxy groups -OCH3 is 1. The van der Waals surface area contributed by atoms with Crippen molar-refractivity contribution in [3.63, 3.8) is 0 Å². The summed E-state index contributed by atoms with van der Waals surface area (Å²) in [6.45, 7) is 0. The minimum atomic E-state index is -0.765. The average molecular weight is 271 g/mol. The Hall–Kier alpha value is -0.750. The predicted octanol–water partition coefficient (Wildman–Crippen LogP) is 2.34. The van der Waals surface area contributed by atoms with Crippen LogP contribution in [0.1, 0.15) is 17.7 Å². The van der Waals surface area contributed by atoms with Gasteiger partial charge in [0.05, 0.1) is 6.10 Å². The first kappa shape index (κ1) is 11.3. The SMILES string of the molecule is COC1CC(O)(c2cc3cnc(Cl)nc3s2)C1. The predicted molar refractivity (Wildman–Crippen MR) is 66.4 cm³/mol. The van der Waals surface area contributed by atoms with Crippen LogP contribution in [0.5, 0.6) is 0 Å². The molecule has 1 fully saturated rings. The van der Waals surface area contributed by atoms with E-state index in [0.29, 0.717) is 12.8 Å². The highest BCUT2D eigenvalue weighted by Crippen LogP contribution is 2.46. The topological polar surface area (TPSA) is 55.2 Å². The van der Waals surface area contributed by atoms with Gasteiger partial charge in [0, 0.05) is 36.4 Å². The number of fused-ring (bicyclic) bond motifs is 1. The molecule has 90 valence electrons. The summed E-state index contributed by atoms with van der Waals surface area (Å²) in [5.74, 6) is 0. The van der Waals surface area contributed by atoms with Crippen LogP contribution >= 0.6 is 22.9 Å². The van der Waals surface area contributed by atoms with E-state index >= 15 is 0 Å². The quantitative estimate of drug-likeness (QED) is 0.851. The van der Waals surface area contributed by atoms with E-state index in [-0.39, 0.29) is 11.4 Å². The average Bonchev–Trinajstić information content (AvgIpc) is 2.67. The number of thiophene rings is 1. The Morgan fingerprint density at radius 2 is 2.35 bits per heavy atom. The van der Waals surface area contributed by atoms with Gasteiger partial charge in [-0.1, -0.05) is 0 Å². The Bertz CT molecular complexity index is 566. The lowest BCUT2D eigenvalue weighted by molar-refractivity contribution is -0.130. The summed E-state index contributed by atoms with van der Waals surface area (Å²) in [6, 6.07) is 1.93. The van der Waals surface area contributed by atoms with Gasteiger partial charge in [-0.15, -0.1) is 11.3 Å². The molecule has 2 heterocycles. The number of hydrogen-bond acceptors (Lipinski definition) is 5. The Kier molecular flexibility index (Phi) is 2.59. The Morgan fingerprint density at radius 3 is 3.06 bits per heavy atom. The second-order valence-corrected chi connectivity index (χ2v) is 5.68. The standard InChI is InChI=1S/C11H11ClN2O2S/c1-16-7-3-11(15,4-7)8-2-6-5-13-10(12)14-9(6)17-8/h2,5,7,15H,3-4H2,1H3. The third-order valence-electron chi connectivity index (χ3n) is 3.17. The van der Waals surface area contributed by atoms with Gasteiger partial charge in [0.25, 0.3) is 0 Å². The lowest BCUT2D eigenvalue weighted by atomic mass is 9.76. The fraction of sp³-hybridized carbons (Fsp3) is 0.455. The molecule has 1 N–H and O–H groups in total. The van der Waals surface area contributed by atoms with Crippen molar-refractivity contribution in [2.75, 3.05) is 7.11 Å². The number of rotatable bonds is 2. The zero-order valence-corrected chi connectivity index (χ0v) is 10.8. The summed E-state index contributed by atoms with van der Waals surface area (Å²) in [5.41, 5.74) is -0.765. The van der Waals surface area contributed by atoms with Crippen molar-refractivity contribution in [1.29, 1.82) is 0 Å². The summed E-state index contributed by atoms with van der Waals surface area (Å²) in [4.78, 5) is 9.80. The summed E-state index contributed by atoms with van der Waals surface area (Å²) in [6.07, 6.45) is 3.11. The van der Waals surface area contributed by atoms with E-state index in [9.17, 15) is 5.11 Å². The largest absolute Gasteiger partial charge is 0.384 e. The fourth-order valence-electron chi connectivity index (χ4n) is 2.10. The molecular weight excluding hydrogens is 260 g/mol. The van der Waals surface area contributed by atoms with Crippen LogP contribution in [-0.2, 0) is 10.3 Å². The highest BCUT2D eigenvalue weighted by atomic mass is 35.5. The van der Waals surface area contributed by atoms with Gasteiger partial charge in [0.15, 0.2) is 0 Å². The second-order valence-electron chi connectivity index (χ2n) is 4.31. The number of aliphatic hydroxyl groups is 1. The molecule has 1 saturated carbocycles. The van der Waals surface area contributed by atoms with Gasteiger partial charge < -0.3 is 9.84 Å². The third-order valence-corrected chi connectivity index (χ3v) is 4.59. The molecule has 0 spiro atoms. The second kappa shape index (κ2) is 3.88. The van der Waals surface area contributed by atoms with E-state index in [2.05, 4.69) is 9.97 Å². The van der Waals surface area contributed by atoms with Crippen molar-refractivity contribution in [2.24, 2.45) is 0 Å². The molecule has 0 saturated heterocycles. The van der Waals surface area contributed by atoms with E-state index < -0.39 is 5.60 Å². The van der Waals surface area contributed by atoms with Crippen molar-refractivity contribution < 1.29 is 9.84 Å². The Balaban J connectivity index is 1.96. The lowest BCUT2D eigenvalue weighted by Gasteiger charge is -2.41. The summed E-state index contributed by atoms with van der Waals surface area (Å²) in [7, 11) is 1.67. The zero-order valence-electron chi connectivity index (χ0n) is 9.18. The van der Waals surface area contributed by atoms with Crippen molar-refractivity contribution in [3.05, 3.63) is 22.4 Å². The highest BCUT2D eigenvalue weighted by Gasteiger charge is 2.45. The molecule has 6 heteroatoms. The number of halogens is 1. The van der Waals surface area contributed by atoms with E-state index in [4.69, 9.17) is 16.3 Å². The molecule has 0 unspecified atom stereocenters. The van der Waals surface area contributed by atoms with Gasteiger partial charge in [-0.3, -0.25) is 0 Å². The van der Waals surface area contributed by atoms with Gasteiger partial charge in [-0.2, -0.15) is 0 Å². The van der Waals surface area contributed by atoms with Crippen molar-refractivity contribution in [1.82, 2.24) is 9.97 Å². The maximum absolute atomic E-state index is 10.4. The molecule has 0 radical (unpaired) electrons. The van der Waals surface area contributed by atoms with Crippen LogP contribution < -0.4 is 0 Å². The van der Waals surface area contributed by atoms with E-state index in [1.165, 1.54) is 11.3 Å². The smallest absolute Gasteiger partial charge is 0.223 e. The third kappa shape index (κ3) is 1.83. The van der Waals surface area contributed by atoms with Crippen LogP contribution in [0.2, 0.25) is 5.28 Å². The summed E-state index contributed by atoms with van der Waals surface area (Å²) >= 11 is 7.20. The molecule has 0 atom stereocenters. The van der Waals surface area contributed by atoms with E-state index in [1.54, 1.807) is 13.3 Å². The number of aromatic nitrogens is 2. The van der Waals surface area contributed by atoms with Gasteiger partial charge in [-0.25, -0.2) is 9.97 Å². The molecule has 0 aromatic carbocycles. The van der Waals surface area contributed by atoms with Gasteiger partial charge in [0.2, 0.25) is 5.28 Å². The number of nitrogens with zero attached hydrogens (tertiary/aromatic N) is 2. The van der Waals surface area contributed by atoms with Crippen LogP contribution in [-0.4, -0.2) is 28.3 Å². The number of hydrogen-bond donors (Lipinski definition) is 1. The molecule has 1 aliphatic carbocycles. The molecule has 3 rings (SSSR count). The highest BCUT2D eigenvalue weighted by molar-refractivity contribution is 7.18. The molecular formula is C11H11ClN2O2S. The van der Waals surface area contributed by atoms with E-state index in [1.807, 2.05) is 6.07 Å². The molecule has 17 heavy (non-hydrogen) atoms. The summed E-state index contributed by atoms with van der Waals surface area (Å²) < 4.78 is 5.19. The minimum absolute atomic E-state index is 0.153. The fourth-order valence-corrected chi connectivity index (χ4v) is 3.40. The summed E-state index contributed by atoms with van der Waals surface area (Å²) in [5, 5.41) is 11.6. The van der Waals surface area contributed by atoms with Gasteiger partial charge >= 0.3 is 0 Å². The van der Waals surface area contributed by atoms with Crippen molar-refractivity contribution in [3.8, 4) is 0 Å². The molecule has 1 aliphatic rings. The normalized spacial score (nSPS) is 28.3. The molecule has 0 amide bonds. The first-order valence-corrected chi connectivity index (χ1v) is 6.48. The maximum Gasteiger partial charge on any atom is 0.223 e. The molecule has 2 aromatic rings. The molecule has 0 aliphatic heterocycles. The Labute approximate surface area is 107 Å².